The number of carbonyl (C=O) groups is 2. The van der Waals surface area contributed by atoms with Crippen LogP contribution in [0, 0.1) is 5.41 Å². The summed E-state index contributed by atoms with van der Waals surface area (Å²) in [5, 5.41) is 12.8. The summed E-state index contributed by atoms with van der Waals surface area (Å²) in [5.41, 5.74) is 0.0312. The van der Waals surface area contributed by atoms with Crippen LogP contribution in [0.5, 0.6) is 0 Å². The van der Waals surface area contributed by atoms with Crippen molar-refractivity contribution in [2.75, 3.05) is 20.2 Å². The third kappa shape index (κ3) is 3.99. The number of aliphatic carboxylic acids is 1. The molecule has 2 rings (SSSR count). The summed E-state index contributed by atoms with van der Waals surface area (Å²) < 4.78 is 5.51. The van der Waals surface area contributed by atoms with E-state index in [9.17, 15) is 14.7 Å². The van der Waals surface area contributed by atoms with Crippen molar-refractivity contribution in [3.05, 3.63) is 34.9 Å². The van der Waals surface area contributed by atoms with Crippen molar-refractivity contribution >= 4 is 23.6 Å². The van der Waals surface area contributed by atoms with Gasteiger partial charge in [0.25, 0.3) is 0 Å². The second kappa shape index (κ2) is 7.40. The van der Waals surface area contributed by atoms with Gasteiger partial charge in [0.15, 0.2) is 0 Å². The molecule has 1 heterocycles. The van der Waals surface area contributed by atoms with Gasteiger partial charge in [0.1, 0.15) is 6.10 Å². The molecule has 0 aromatic heterocycles. The van der Waals surface area contributed by atoms with Crippen molar-refractivity contribution in [1.29, 1.82) is 0 Å². The molecule has 3 unspecified atom stereocenters. The topological polar surface area (TPSA) is 78.9 Å². The van der Waals surface area contributed by atoms with Gasteiger partial charge in [0, 0.05) is 25.2 Å². The Labute approximate surface area is 146 Å². The molecule has 1 aliphatic rings. The van der Waals surface area contributed by atoms with Crippen LogP contribution in [0.3, 0.4) is 0 Å². The lowest BCUT2D eigenvalue weighted by Gasteiger charge is -2.27. The molecule has 0 spiro atoms. The largest absolute Gasteiger partial charge is 0.481 e. The maximum Gasteiger partial charge on any atom is 0.317 e. The maximum absolute atomic E-state index is 12.4. The number of hydrogen-bond donors (Lipinski definition) is 2. The Balaban J connectivity index is 2.00. The van der Waals surface area contributed by atoms with E-state index >= 15 is 0 Å². The number of carboxylic acid groups (broad SMARTS) is 1. The Bertz CT molecular complexity index is 607. The Hall–Kier alpha value is -1.79. The predicted molar refractivity (Wildman–Crippen MR) is 91.1 cm³/mol. The zero-order valence-corrected chi connectivity index (χ0v) is 14.8. The van der Waals surface area contributed by atoms with Gasteiger partial charge in [-0.3, -0.25) is 4.79 Å². The highest BCUT2D eigenvalue weighted by atomic mass is 35.5. The number of rotatable bonds is 5. The Morgan fingerprint density at radius 3 is 2.50 bits per heavy atom. The van der Waals surface area contributed by atoms with Gasteiger partial charge < -0.3 is 20.1 Å². The first-order valence-electron chi connectivity index (χ1n) is 7.84. The van der Waals surface area contributed by atoms with Crippen LogP contribution >= 0.6 is 11.6 Å². The molecule has 7 heteroatoms. The Morgan fingerprint density at radius 1 is 1.38 bits per heavy atom. The SMILES string of the molecule is COC(c1ccc(Cl)cc1)C(C)NC(=O)N1CCC(C)(C(=O)O)C1. The molecule has 3 atom stereocenters. The summed E-state index contributed by atoms with van der Waals surface area (Å²) in [6, 6.07) is 6.71. The summed E-state index contributed by atoms with van der Waals surface area (Å²) in [6.45, 7) is 4.16. The van der Waals surface area contributed by atoms with E-state index in [1.165, 1.54) is 0 Å². The molecule has 0 aliphatic carbocycles. The van der Waals surface area contributed by atoms with E-state index in [1.54, 1.807) is 31.1 Å². The molecule has 6 nitrogen and oxygen atoms in total. The number of benzene rings is 1. The average Bonchev–Trinajstić information content (AvgIpc) is 2.94. The first-order chi connectivity index (χ1) is 11.3. The molecule has 0 radical (unpaired) electrons. The second-order valence-electron chi connectivity index (χ2n) is 6.48. The number of carbonyl (C=O) groups excluding carboxylic acids is 1. The van der Waals surface area contributed by atoms with Gasteiger partial charge >= 0.3 is 12.0 Å². The molecule has 1 fully saturated rings. The number of methoxy groups -OCH3 is 1. The van der Waals surface area contributed by atoms with Crippen molar-refractivity contribution in [2.45, 2.75) is 32.4 Å². The highest BCUT2D eigenvalue weighted by Crippen LogP contribution is 2.30. The van der Waals surface area contributed by atoms with E-state index in [0.717, 1.165) is 5.56 Å². The number of carboxylic acids is 1. The fourth-order valence-corrected chi connectivity index (χ4v) is 3.08. The first-order valence-corrected chi connectivity index (χ1v) is 8.22. The fourth-order valence-electron chi connectivity index (χ4n) is 2.95. The van der Waals surface area contributed by atoms with E-state index in [1.807, 2.05) is 19.1 Å². The van der Waals surface area contributed by atoms with Crippen LogP contribution in [0.15, 0.2) is 24.3 Å². The van der Waals surface area contributed by atoms with E-state index < -0.39 is 11.4 Å². The van der Waals surface area contributed by atoms with Crippen molar-refractivity contribution in [3.8, 4) is 0 Å². The number of hydrogen-bond acceptors (Lipinski definition) is 3. The highest BCUT2D eigenvalue weighted by Gasteiger charge is 2.42. The van der Waals surface area contributed by atoms with Gasteiger partial charge in [0.05, 0.1) is 11.5 Å². The quantitative estimate of drug-likeness (QED) is 0.852. The minimum absolute atomic E-state index is 0.208. The first kappa shape index (κ1) is 18.5. The van der Waals surface area contributed by atoms with E-state index in [-0.39, 0.29) is 24.7 Å². The van der Waals surface area contributed by atoms with Gasteiger partial charge in [-0.2, -0.15) is 0 Å². The van der Waals surface area contributed by atoms with Gasteiger partial charge in [0.2, 0.25) is 0 Å². The fraction of sp³-hybridized carbons (Fsp3) is 0.529. The monoisotopic (exact) mass is 354 g/mol. The maximum atomic E-state index is 12.4. The third-order valence-corrected chi connectivity index (χ3v) is 4.79. The summed E-state index contributed by atoms with van der Waals surface area (Å²) in [6.07, 6.45) is 0.134. The van der Waals surface area contributed by atoms with E-state index in [0.29, 0.717) is 18.0 Å². The van der Waals surface area contributed by atoms with Crippen molar-refractivity contribution < 1.29 is 19.4 Å². The molecule has 132 valence electrons. The summed E-state index contributed by atoms with van der Waals surface area (Å²) >= 11 is 5.90. The van der Waals surface area contributed by atoms with Gasteiger partial charge in [-0.25, -0.2) is 4.79 Å². The van der Waals surface area contributed by atoms with Crippen molar-refractivity contribution in [3.63, 3.8) is 0 Å². The molecule has 1 aromatic rings. The molecule has 24 heavy (non-hydrogen) atoms. The van der Waals surface area contributed by atoms with Crippen LogP contribution in [0.25, 0.3) is 0 Å². The Morgan fingerprint density at radius 2 is 2.00 bits per heavy atom. The van der Waals surface area contributed by atoms with Crippen molar-refractivity contribution in [2.24, 2.45) is 5.41 Å². The van der Waals surface area contributed by atoms with Gasteiger partial charge in [-0.15, -0.1) is 0 Å². The highest BCUT2D eigenvalue weighted by molar-refractivity contribution is 6.30. The van der Waals surface area contributed by atoms with Crippen LogP contribution in [0.2, 0.25) is 5.02 Å². The number of likely N-dealkylation sites (tertiary alicyclic amines) is 1. The molecule has 2 amide bonds. The summed E-state index contributed by atoms with van der Waals surface area (Å²) in [5.74, 6) is -0.873. The minimum Gasteiger partial charge on any atom is -0.481 e. The predicted octanol–water partition coefficient (Wildman–Crippen LogP) is 2.92. The molecule has 1 aliphatic heterocycles. The molecule has 1 aromatic carbocycles. The smallest absolute Gasteiger partial charge is 0.317 e. The van der Waals surface area contributed by atoms with Crippen LogP contribution in [-0.4, -0.2) is 48.2 Å². The van der Waals surface area contributed by atoms with E-state index in [2.05, 4.69) is 5.32 Å². The van der Waals surface area contributed by atoms with Gasteiger partial charge in [-0.05, 0) is 38.0 Å². The number of amides is 2. The zero-order valence-electron chi connectivity index (χ0n) is 14.1. The number of nitrogens with one attached hydrogen (secondary N) is 1. The Kier molecular flexibility index (Phi) is 5.72. The zero-order chi connectivity index (χ0) is 17.9. The lowest BCUT2D eigenvalue weighted by atomic mass is 9.90. The van der Waals surface area contributed by atoms with Crippen LogP contribution in [0.4, 0.5) is 4.79 Å². The number of urea groups is 1. The van der Waals surface area contributed by atoms with Crippen LogP contribution in [0.1, 0.15) is 31.9 Å². The lowest BCUT2D eigenvalue weighted by Crippen LogP contribution is -2.46. The number of nitrogens with zero attached hydrogens (tertiary/aromatic N) is 1. The molecular weight excluding hydrogens is 332 g/mol. The molecule has 0 saturated carbocycles. The molecule has 2 N–H and O–H groups in total. The van der Waals surface area contributed by atoms with Crippen LogP contribution in [-0.2, 0) is 9.53 Å². The third-order valence-electron chi connectivity index (χ3n) is 4.53. The average molecular weight is 355 g/mol. The van der Waals surface area contributed by atoms with Gasteiger partial charge in [-0.1, -0.05) is 23.7 Å². The normalized spacial score (nSPS) is 22.9. The standard InChI is InChI=1S/C17H23ClN2O4/c1-11(14(24-3)12-4-6-13(18)7-5-12)19-16(23)20-9-8-17(2,10-20)15(21)22/h4-7,11,14H,8-10H2,1-3H3,(H,19,23)(H,21,22). The second-order valence-corrected chi connectivity index (χ2v) is 6.92. The molecular formula is C17H23ClN2O4. The van der Waals surface area contributed by atoms with E-state index in [4.69, 9.17) is 16.3 Å². The number of halogens is 1. The summed E-state index contributed by atoms with van der Waals surface area (Å²) in [4.78, 5) is 25.2. The molecule has 1 saturated heterocycles. The summed E-state index contributed by atoms with van der Waals surface area (Å²) in [7, 11) is 1.58. The minimum atomic E-state index is -0.878. The van der Waals surface area contributed by atoms with Crippen LogP contribution < -0.4 is 5.32 Å². The van der Waals surface area contributed by atoms with Crippen molar-refractivity contribution in [1.82, 2.24) is 10.2 Å². The lowest BCUT2D eigenvalue weighted by molar-refractivity contribution is -0.147. The molecule has 0 bridgehead atoms. The number of ether oxygens (including phenoxy) is 1.